The Balaban J connectivity index is 2.70. The van der Waals surface area contributed by atoms with Crippen molar-refractivity contribution in [3.05, 3.63) is 23.5 Å². The summed E-state index contributed by atoms with van der Waals surface area (Å²) in [5, 5.41) is 2.90. The lowest BCUT2D eigenvalue weighted by atomic mass is 10.3. The molecule has 4 heteroatoms. The number of hydrogen-bond donors (Lipinski definition) is 2. The molecule has 0 spiro atoms. The average Bonchev–Trinajstić information content (AvgIpc) is 2.66. The Kier molecular flexibility index (Phi) is 3.77. The van der Waals surface area contributed by atoms with Gasteiger partial charge < -0.3 is 15.0 Å². The van der Waals surface area contributed by atoms with E-state index in [1.165, 1.54) is 7.11 Å². The van der Waals surface area contributed by atoms with E-state index in [-0.39, 0.29) is 5.97 Å². The Morgan fingerprint density at radius 3 is 3.14 bits per heavy atom. The fourth-order valence-corrected chi connectivity index (χ4v) is 0.929. The number of carbonyl (C=O) groups excluding carboxylic acids is 1. The summed E-state index contributed by atoms with van der Waals surface area (Å²) in [4.78, 5) is 13.8. The van der Waals surface area contributed by atoms with Gasteiger partial charge in [-0.3, -0.25) is 0 Å². The van der Waals surface area contributed by atoms with Crippen molar-refractivity contribution in [3.8, 4) is 11.8 Å². The molecule has 74 valence electrons. The molecule has 0 amide bonds. The van der Waals surface area contributed by atoms with E-state index in [2.05, 4.69) is 26.9 Å². The number of carbonyl (C=O) groups is 1. The van der Waals surface area contributed by atoms with Crippen LogP contribution in [-0.2, 0) is 4.74 Å². The summed E-state index contributed by atoms with van der Waals surface area (Å²) in [6.07, 6.45) is 1.68. The summed E-state index contributed by atoms with van der Waals surface area (Å²) >= 11 is 0. The summed E-state index contributed by atoms with van der Waals surface area (Å²) < 4.78 is 4.54. The van der Waals surface area contributed by atoms with Gasteiger partial charge in [0, 0.05) is 11.8 Å². The molecule has 0 atom stereocenters. The maximum Gasteiger partial charge on any atom is 0.354 e. The highest BCUT2D eigenvalue weighted by Crippen LogP contribution is 2.02. The van der Waals surface area contributed by atoms with E-state index in [9.17, 15) is 4.79 Å². The van der Waals surface area contributed by atoms with Gasteiger partial charge in [0.1, 0.15) is 5.69 Å². The number of esters is 1. The van der Waals surface area contributed by atoms with Crippen molar-refractivity contribution in [2.45, 2.75) is 0 Å². The Morgan fingerprint density at radius 2 is 2.50 bits per heavy atom. The van der Waals surface area contributed by atoms with Crippen molar-refractivity contribution in [1.29, 1.82) is 0 Å². The Bertz CT molecular complexity index is 371. The number of aromatic amines is 1. The first-order chi connectivity index (χ1) is 6.77. The summed E-state index contributed by atoms with van der Waals surface area (Å²) in [5.41, 5.74) is 1.20. The van der Waals surface area contributed by atoms with Crippen LogP contribution in [0.25, 0.3) is 0 Å². The van der Waals surface area contributed by atoms with Crippen molar-refractivity contribution in [2.24, 2.45) is 0 Å². The van der Waals surface area contributed by atoms with Crippen molar-refractivity contribution in [2.75, 3.05) is 20.7 Å². The van der Waals surface area contributed by atoms with E-state index in [0.29, 0.717) is 12.2 Å². The van der Waals surface area contributed by atoms with Crippen LogP contribution >= 0.6 is 0 Å². The number of ether oxygens (including phenoxy) is 1. The highest BCUT2D eigenvalue weighted by Gasteiger charge is 2.06. The second-order valence-corrected chi connectivity index (χ2v) is 2.63. The molecule has 1 rings (SSSR count). The molecule has 2 N–H and O–H groups in total. The summed E-state index contributed by atoms with van der Waals surface area (Å²) in [5.74, 6) is 5.40. The van der Waals surface area contributed by atoms with Gasteiger partial charge in [0.15, 0.2) is 0 Å². The SMILES string of the molecule is CNCC#Cc1c[nH]c(C(=O)OC)c1. The monoisotopic (exact) mass is 192 g/mol. The third-order valence-corrected chi connectivity index (χ3v) is 1.59. The van der Waals surface area contributed by atoms with Crippen LogP contribution in [0.4, 0.5) is 0 Å². The fourth-order valence-electron chi connectivity index (χ4n) is 0.929. The molecule has 0 aromatic carbocycles. The minimum absolute atomic E-state index is 0.383. The third kappa shape index (κ3) is 2.64. The minimum atomic E-state index is -0.383. The van der Waals surface area contributed by atoms with Gasteiger partial charge in [-0.1, -0.05) is 11.8 Å². The van der Waals surface area contributed by atoms with E-state index in [1.807, 2.05) is 7.05 Å². The molecule has 0 saturated carbocycles. The molecule has 0 aliphatic carbocycles. The Labute approximate surface area is 82.7 Å². The lowest BCUT2D eigenvalue weighted by Crippen LogP contribution is -2.04. The molecule has 4 nitrogen and oxygen atoms in total. The van der Waals surface area contributed by atoms with Gasteiger partial charge in [-0.2, -0.15) is 0 Å². The Morgan fingerprint density at radius 1 is 1.71 bits per heavy atom. The highest BCUT2D eigenvalue weighted by atomic mass is 16.5. The van der Waals surface area contributed by atoms with E-state index in [0.717, 1.165) is 5.56 Å². The molecular weight excluding hydrogens is 180 g/mol. The van der Waals surface area contributed by atoms with Crippen LogP contribution in [0, 0.1) is 11.8 Å². The van der Waals surface area contributed by atoms with E-state index in [1.54, 1.807) is 12.3 Å². The molecule has 1 aromatic rings. The van der Waals surface area contributed by atoms with Gasteiger partial charge in [0.2, 0.25) is 0 Å². The smallest absolute Gasteiger partial charge is 0.354 e. The van der Waals surface area contributed by atoms with Crippen molar-refractivity contribution in [1.82, 2.24) is 10.3 Å². The first-order valence-electron chi connectivity index (χ1n) is 4.18. The van der Waals surface area contributed by atoms with Crippen molar-refractivity contribution < 1.29 is 9.53 Å². The second-order valence-electron chi connectivity index (χ2n) is 2.63. The van der Waals surface area contributed by atoms with Crippen molar-refractivity contribution in [3.63, 3.8) is 0 Å². The number of hydrogen-bond acceptors (Lipinski definition) is 3. The number of H-pyrrole nitrogens is 1. The lowest BCUT2D eigenvalue weighted by Gasteiger charge is -1.91. The van der Waals surface area contributed by atoms with E-state index in [4.69, 9.17) is 0 Å². The third-order valence-electron chi connectivity index (χ3n) is 1.59. The lowest BCUT2D eigenvalue weighted by molar-refractivity contribution is 0.0595. The minimum Gasteiger partial charge on any atom is -0.464 e. The van der Waals surface area contributed by atoms with E-state index >= 15 is 0 Å². The molecule has 1 aromatic heterocycles. The van der Waals surface area contributed by atoms with Gasteiger partial charge in [0.25, 0.3) is 0 Å². The first-order valence-corrected chi connectivity index (χ1v) is 4.18. The van der Waals surface area contributed by atoms with Gasteiger partial charge >= 0.3 is 5.97 Å². The van der Waals surface area contributed by atoms with Crippen LogP contribution < -0.4 is 5.32 Å². The molecule has 1 heterocycles. The second kappa shape index (κ2) is 5.10. The largest absolute Gasteiger partial charge is 0.464 e. The molecular formula is C10H12N2O2. The van der Waals surface area contributed by atoms with Crippen LogP contribution in [0.2, 0.25) is 0 Å². The average molecular weight is 192 g/mol. The summed E-state index contributed by atoms with van der Waals surface area (Å²) in [7, 11) is 3.17. The number of nitrogens with one attached hydrogen (secondary N) is 2. The zero-order valence-corrected chi connectivity index (χ0v) is 8.18. The van der Waals surface area contributed by atoms with Crippen LogP contribution in [0.3, 0.4) is 0 Å². The molecule has 14 heavy (non-hydrogen) atoms. The quantitative estimate of drug-likeness (QED) is 0.526. The van der Waals surface area contributed by atoms with Gasteiger partial charge in [-0.05, 0) is 13.1 Å². The van der Waals surface area contributed by atoms with E-state index < -0.39 is 0 Å². The topological polar surface area (TPSA) is 54.1 Å². The van der Waals surface area contributed by atoms with Crippen LogP contribution in [-0.4, -0.2) is 31.7 Å². The molecule has 0 fully saturated rings. The molecule has 0 unspecified atom stereocenters. The summed E-state index contributed by atoms with van der Waals surface area (Å²) in [6, 6.07) is 1.66. The van der Waals surface area contributed by atoms with Crippen molar-refractivity contribution >= 4 is 5.97 Å². The number of aromatic nitrogens is 1. The fraction of sp³-hybridized carbons (Fsp3) is 0.300. The molecule has 0 aliphatic rings. The number of rotatable bonds is 2. The predicted octanol–water partition coefficient (Wildman–Crippen LogP) is 0.372. The zero-order valence-electron chi connectivity index (χ0n) is 8.18. The first kappa shape index (κ1) is 10.4. The standard InChI is InChI=1S/C10H12N2O2/c1-11-5-3-4-8-6-9(12-7-8)10(13)14-2/h6-7,11-12H,5H2,1-2H3. The van der Waals surface area contributed by atoms with Crippen LogP contribution in [0.5, 0.6) is 0 Å². The van der Waals surface area contributed by atoms with Gasteiger partial charge in [-0.25, -0.2) is 4.79 Å². The molecule has 0 radical (unpaired) electrons. The maximum atomic E-state index is 11.0. The highest BCUT2D eigenvalue weighted by molar-refractivity contribution is 5.87. The Hall–Kier alpha value is -1.73. The van der Waals surface area contributed by atoms with Crippen LogP contribution in [0.1, 0.15) is 16.1 Å². The van der Waals surface area contributed by atoms with Gasteiger partial charge in [-0.15, -0.1) is 0 Å². The molecule has 0 bridgehead atoms. The molecule has 0 saturated heterocycles. The summed E-state index contributed by atoms with van der Waals surface area (Å²) in [6.45, 7) is 0.624. The molecule has 0 aliphatic heterocycles. The number of methoxy groups -OCH3 is 1. The van der Waals surface area contributed by atoms with Crippen LogP contribution in [0.15, 0.2) is 12.3 Å². The zero-order chi connectivity index (χ0) is 10.4. The normalized spacial score (nSPS) is 9.00. The maximum absolute atomic E-state index is 11.0. The predicted molar refractivity (Wildman–Crippen MR) is 52.9 cm³/mol. The van der Waals surface area contributed by atoms with Gasteiger partial charge in [0.05, 0.1) is 13.7 Å².